The number of carbonyl (C=O) groups excluding carboxylic acids is 1. The Morgan fingerprint density at radius 3 is 2.69 bits per heavy atom. The van der Waals surface area contributed by atoms with E-state index in [0.29, 0.717) is 22.2 Å². The summed E-state index contributed by atoms with van der Waals surface area (Å²) in [4.78, 5) is 23.2. The Balaban J connectivity index is 1.75. The van der Waals surface area contributed by atoms with E-state index < -0.39 is 22.3 Å². The number of carbonyl (C=O) groups is 1. The van der Waals surface area contributed by atoms with E-state index in [1.807, 2.05) is 0 Å². The minimum absolute atomic E-state index is 0.0542. The smallest absolute Gasteiger partial charge is 0.349 e. The van der Waals surface area contributed by atoms with Gasteiger partial charge in [0.05, 0.1) is 34.5 Å². The summed E-state index contributed by atoms with van der Waals surface area (Å²) in [5.74, 6) is -1.40. The maximum absolute atomic E-state index is 14.1. The summed E-state index contributed by atoms with van der Waals surface area (Å²) in [5.41, 5.74) is 0.745. The summed E-state index contributed by atoms with van der Waals surface area (Å²) in [5, 5.41) is 15.8. The molecule has 10 heteroatoms. The standard InChI is InChI=1S/C22H15ClFN3O5/c1-31-15-8-9-19-16(11-15)21(32-22(28)20-17(23)6-3-7-18(20)24)25-26(19)12-13-4-2-5-14(10-13)27(29)30/h2-11H,12H2,1H3. The lowest BCUT2D eigenvalue weighted by Gasteiger charge is -2.05. The summed E-state index contributed by atoms with van der Waals surface area (Å²) >= 11 is 5.97. The van der Waals surface area contributed by atoms with Crippen LogP contribution in [0.5, 0.6) is 11.6 Å². The van der Waals surface area contributed by atoms with E-state index in [2.05, 4.69) is 5.10 Å². The Morgan fingerprint density at radius 1 is 1.19 bits per heavy atom. The lowest BCUT2D eigenvalue weighted by atomic mass is 10.2. The Hall–Kier alpha value is -3.98. The first-order chi connectivity index (χ1) is 15.4. The molecule has 1 heterocycles. The van der Waals surface area contributed by atoms with Crippen molar-refractivity contribution in [3.63, 3.8) is 0 Å². The fraction of sp³-hybridized carbons (Fsp3) is 0.0909. The van der Waals surface area contributed by atoms with Crippen molar-refractivity contribution in [3.05, 3.63) is 92.7 Å². The number of benzene rings is 3. The Bertz CT molecular complexity index is 1330. The van der Waals surface area contributed by atoms with Gasteiger partial charge in [-0.3, -0.25) is 14.8 Å². The molecular formula is C22H15ClFN3O5. The molecule has 4 rings (SSSR count). The van der Waals surface area contributed by atoms with Gasteiger partial charge in [0.15, 0.2) is 0 Å². The second-order valence-corrected chi connectivity index (χ2v) is 7.17. The van der Waals surface area contributed by atoms with Gasteiger partial charge in [0.1, 0.15) is 17.1 Å². The topological polar surface area (TPSA) is 96.5 Å². The first-order valence-electron chi connectivity index (χ1n) is 9.31. The number of hydrogen-bond acceptors (Lipinski definition) is 6. The van der Waals surface area contributed by atoms with Gasteiger partial charge in [0.25, 0.3) is 5.69 Å². The van der Waals surface area contributed by atoms with Gasteiger partial charge >= 0.3 is 5.97 Å². The van der Waals surface area contributed by atoms with Crippen LogP contribution < -0.4 is 9.47 Å². The number of aromatic nitrogens is 2. The minimum Gasteiger partial charge on any atom is -0.497 e. The van der Waals surface area contributed by atoms with Gasteiger partial charge < -0.3 is 9.47 Å². The zero-order valence-corrected chi connectivity index (χ0v) is 17.4. The molecule has 0 aliphatic carbocycles. The van der Waals surface area contributed by atoms with Crippen LogP contribution in [0.2, 0.25) is 5.02 Å². The molecule has 0 bridgehead atoms. The van der Waals surface area contributed by atoms with E-state index >= 15 is 0 Å². The number of fused-ring (bicyclic) bond motifs is 1. The van der Waals surface area contributed by atoms with E-state index in [0.717, 1.165) is 6.07 Å². The number of methoxy groups -OCH3 is 1. The highest BCUT2D eigenvalue weighted by atomic mass is 35.5. The Kier molecular flexibility index (Phi) is 5.74. The van der Waals surface area contributed by atoms with Gasteiger partial charge in [-0.1, -0.05) is 29.8 Å². The summed E-state index contributed by atoms with van der Waals surface area (Å²) in [6.07, 6.45) is 0. The highest BCUT2D eigenvalue weighted by Crippen LogP contribution is 2.31. The van der Waals surface area contributed by atoms with Crippen molar-refractivity contribution in [2.75, 3.05) is 7.11 Å². The molecule has 4 aromatic rings. The molecule has 32 heavy (non-hydrogen) atoms. The molecule has 0 fully saturated rings. The number of halogens is 2. The molecule has 0 unspecified atom stereocenters. The SMILES string of the molecule is COc1ccc2c(c1)c(OC(=O)c1c(F)cccc1Cl)nn2Cc1cccc([N+](=O)[O-])c1. The lowest BCUT2D eigenvalue weighted by molar-refractivity contribution is -0.384. The van der Waals surface area contributed by atoms with E-state index in [4.69, 9.17) is 21.1 Å². The summed E-state index contributed by atoms with van der Waals surface area (Å²) in [6, 6.07) is 15.0. The van der Waals surface area contributed by atoms with E-state index in [1.165, 1.54) is 36.1 Å². The summed E-state index contributed by atoms with van der Waals surface area (Å²) in [6.45, 7) is 0.169. The van der Waals surface area contributed by atoms with Crippen molar-refractivity contribution in [3.8, 4) is 11.6 Å². The molecule has 0 saturated heterocycles. The molecule has 1 aromatic heterocycles. The average molecular weight is 456 g/mol. The highest BCUT2D eigenvalue weighted by Gasteiger charge is 2.22. The number of ether oxygens (including phenoxy) is 2. The van der Waals surface area contributed by atoms with Crippen molar-refractivity contribution in [1.29, 1.82) is 0 Å². The number of nitro groups is 1. The van der Waals surface area contributed by atoms with Gasteiger partial charge in [0, 0.05) is 12.1 Å². The van der Waals surface area contributed by atoms with Gasteiger partial charge in [-0.25, -0.2) is 9.18 Å². The van der Waals surface area contributed by atoms with Gasteiger partial charge in [-0.15, -0.1) is 5.10 Å². The second-order valence-electron chi connectivity index (χ2n) is 6.76. The van der Waals surface area contributed by atoms with Crippen molar-refractivity contribution in [2.45, 2.75) is 6.54 Å². The van der Waals surface area contributed by atoms with Crippen molar-refractivity contribution in [2.24, 2.45) is 0 Å². The first-order valence-corrected chi connectivity index (χ1v) is 9.69. The Morgan fingerprint density at radius 2 is 1.97 bits per heavy atom. The zero-order valence-electron chi connectivity index (χ0n) is 16.6. The third kappa shape index (κ3) is 4.10. The molecule has 0 atom stereocenters. The van der Waals surface area contributed by atoms with Crippen LogP contribution in [-0.4, -0.2) is 27.8 Å². The third-order valence-electron chi connectivity index (χ3n) is 4.73. The third-order valence-corrected chi connectivity index (χ3v) is 5.05. The summed E-state index contributed by atoms with van der Waals surface area (Å²) < 4.78 is 26.3. The van der Waals surface area contributed by atoms with Gasteiger partial charge in [-0.05, 0) is 35.9 Å². The van der Waals surface area contributed by atoms with Crippen LogP contribution in [0.25, 0.3) is 10.9 Å². The van der Waals surface area contributed by atoms with Gasteiger partial charge in [0.2, 0.25) is 5.88 Å². The fourth-order valence-corrected chi connectivity index (χ4v) is 3.46. The van der Waals surface area contributed by atoms with Crippen molar-refractivity contribution >= 4 is 34.2 Å². The normalized spacial score (nSPS) is 10.8. The zero-order chi connectivity index (χ0) is 22.8. The minimum atomic E-state index is -1.00. The fourth-order valence-electron chi connectivity index (χ4n) is 3.22. The largest absolute Gasteiger partial charge is 0.497 e. The molecule has 0 saturated carbocycles. The monoisotopic (exact) mass is 455 g/mol. The van der Waals surface area contributed by atoms with Crippen LogP contribution in [-0.2, 0) is 6.54 Å². The maximum Gasteiger partial charge on any atom is 0.349 e. The number of esters is 1. The van der Waals surface area contributed by atoms with Crippen molar-refractivity contribution in [1.82, 2.24) is 9.78 Å². The molecule has 0 amide bonds. The lowest BCUT2D eigenvalue weighted by Crippen LogP contribution is -2.12. The number of non-ortho nitro benzene ring substituents is 1. The average Bonchev–Trinajstić information content (AvgIpc) is 3.10. The molecule has 8 nitrogen and oxygen atoms in total. The molecule has 162 valence electrons. The summed E-state index contributed by atoms with van der Waals surface area (Å²) in [7, 11) is 1.49. The molecule has 0 N–H and O–H groups in total. The quantitative estimate of drug-likeness (QED) is 0.230. The van der Waals surface area contributed by atoms with Crippen LogP contribution in [0.15, 0.2) is 60.7 Å². The van der Waals surface area contributed by atoms with E-state index in [1.54, 1.807) is 30.3 Å². The van der Waals surface area contributed by atoms with E-state index in [9.17, 15) is 19.3 Å². The number of hydrogen-bond donors (Lipinski definition) is 0. The van der Waals surface area contributed by atoms with E-state index in [-0.39, 0.29) is 23.1 Å². The molecule has 0 aliphatic heterocycles. The Labute approximate surface area is 185 Å². The van der Waals surface area contributed by atoms with Crippen LogP contribution in [0.4, 0.5) is 10.1 Å². The number of rotatable bonds is 6. The van der Waals surface area contributed by atoms with Crippen molar-refractivity contribution < 1.29 is 23.6 Å². The highest BCUT2D eigenvalue weighted by molar-refractivity contribution is 6.33. The number of nitro benzene ring substituents is 1. The number of nitrogens with zero attached hydrogens (tertiary/aromatic N) is 3. The maximum atomic E-state index is 14.1. The van der Waals surface area contributed by atoms with Crippen LogP contribution in [0.1, 0.15) is 15.9 Å². The van der Waals surface area contributed by atoms with Crippen LogP contribution in [0.3, 0.4) is 0 Å². The molecule has 3 aromatic carbocycles. The molecular weight excluding hydrogens is 441 g/mol. The molecule has 0 radical (unpaired) electrons. The molecule has 0 aliphatic rings. The molecule has 0 spiro atoms. The predicted molar refractivity (Wildman–Crippen MR) is 115 cm³/mol. The first kappa shape index (κ1) is 21.3. The van der Waals surface area contributed by atoms with Crippen LogP contribution in [0, 0.1) is 15.9 Å². The van der Waals surface area contributed by atoms with Gasteiger partial charge in [-0.2, -0.15) is 0 Å². The predicted octanol–water partition coefficient (Wildman–Crippen LogP) is 5.01. The van der Waals surface area contributed by atoms with Crippen LogP contribution >= 0.6 is 11.6 Å². The second kappa shape index (κ2) is 8.64.